The molecule has 3 rings (SSSR count). The summed E-state index contributed by atoms with van der Waals surface area (Å²) in [5.74, 6) is 0.304. The van der Waals surface area contributed by atoms with Gasteiger partial charge < -0.3 is 10.2 Å². The molecule has 1 aromatic heterocycles. The summed E-state index contributed by atoms with van der Waals surface area (Å²) in [5, 5.41) is 2.79. The highest BCUT2D eigenvalue weighted by Crippen LogP contribution is 2.34. The van der Waals surface area contributed by atoms with Gasteiger partial charge in [-0.15, -0.1) is 0 Å². The number of pyridine rings is 1. The van der Waals surface area contributed by atoms with Crippen LogP contribution in [0, 0.1) is 5.92 Å². The van der Waals surface area contributed by atoms with Gasteiger partial charge in [0.2, 0.25) is 11.8 Å². The van der Waals surface area contributed by atoms with Crippen molar-refractivity contribution >= 4 is 11.8 Å². The van der Waals surface area contributed by atoms with Crippen LogP contribution in [0.2, 0.25) is 0 Å². The average Bonchev–Trinajstić information content (AvgIpc) is 3.19. The molecule has 0 bridgehead atoms. The Labute approximate surface area is 105 Å². The van der Waals surface area contributed by atoms with Crippen molar-refractivity contribution in [3.8, 4) is 0 Å². The van der Waals surface area contributed by atoms with Crippen molar-refractivity contribution in [1.82, 2.24) is 15.2 Å². The van der Waals surface area contributed by atoms with Gasteiger partial charge in [-0.25, -0.2) is 0 Å². The number of amides is 2. The van der Waals surface area contributed by atoms with Crippen molar-refractivity contribution in [2.45, 2.75) is 25.4 Å². The first kappa shape index (κ1) is 11.2. The number of hydrogen-bond donors (Lipinski definition) is 1. The molecule has 1 aromatic rings. The lowest BCUT2D eigenvalue weighted by Gasteiger charge is -2.32. The van der Waals surface area contributed by atoms with E-state index in [9.17, 15) is 9.59 Å². The number of rotatable bonds is 3. The molecule has 2 fully saturated rings. The predicted octanol–water partition coefficient (Wildman–Crippen LogP) is 0.319. The molecule has 2 heterocycles. The van der Waals surface area contributed by atoms with Gasteiger partial charge in [0.25, 0.3) is 0 Å². The molecule has 1 unspecified atom stereocenters. The molecule has 2 amide bonds. The van der Waals surface area contributed by atoms with Crippen LogP contribution in [-0.4, -0.2) is 34.3 Å². The second-order valence-corrected chi connectivity index (χ2v) is 4.90. The van der Waals surface area contributed by atoms with Crippen molar-refractivity contribution in [3.05, 3.63) is 30.1 Å². The Bertz CT molecular complexity index is 470. The molecule has 0 spiro atoms. The van der Waals surface area contributed by atoms with Crippen molar-refractivity contribution in [3.63, 3.8) is 0 Å². The Morgan fingerprint density at radius 2 is 2.17 bits per heavy atom. The number of hydrogen-bond acceptors (Lipinski definition) is 3. The fraction of sp³-hybridized carbons (Fsp3) is 0.462. The van der Waals surface area contributed by atoms with Crippen LogP contribution < -0.4 is 5.32 Å². The SMILES string of the molecule is O=C1CN(Cc2ccccn2)C(=O)C(C2CC2)N1. The van der Waals surface area contributed by atoms with E-state index in [1.807, 2.05) is 18.2 Å². The second kappa shape index (κ2) is 4.40. The zero-order valence-electron chi connectivity index (χ0n) is 10.0. The van der Waals surface area contributed by atoms with Crippen LogP contribution in [0.15, 0.2) is 24.4 Å². The monoisotopic (exact) mass is 245 g/mol. The lowest BCUT2D eigenvalue weighted by molar-refractivity contribution is -0.145. The Morgan fingerprint density at radius 3 is 2.83 bits per heavy atom. The minimum absolute atomic E-state index is 0.0303. The summed E-state index contributed by atoms with van der Waals surface area (Å²) in [6.07, 6.45) is 3.77. The summed E-state index contributed by atoms with van der Waals surface area (Å²) in [5.41, 5.74) is 0.815. The summed E-state index contributed by atoms with van der Waals surface area (Å²) in [7, 11) is 0. The molecule has 0 radical (unpaired) electrons. The van der Waals surface area contributed by atoms with Gasteiger partial charge in [0.05, 0.1) is 12.2 Å². The number of nitrogens with zero attached hydrogens (tertiary/aromatic N) is 2. The molecule has 0 aromatic carbocycles. The van der Waals surface area contributed by atoms with Gasteiger partial charge in [-0.1, -0.05) is 6.07 Å². The summed E-state index contributed by atoms with van der Waals surface area (Å²) in [4.78, 5) is 29.7. The van der Waals surface area contributed by atoms with Gasteiger partial charge >= 0.3 is 0 Å². The van der Waals surface area contributed by atoms with Crippen LogP contribution in [0.3, 0.4) is 0 Å². The molecule has 1 saturated heterocycles. The molecular weight excluding hydrogens is 230 g/mol. The third kappa shape index (κ3) is 2.20. The minimum atomic E-state index is -0.310. The van der Waals surface area contributed by atoms with Crippen LogP contribution in [0.1, 0.15) is 18.5 Å². The van der Waals surface area contributed by atoms with Gasteiger partial charge in [0.15, 0.2) is 0 Å². The van der Waals surface area contributed by atoms with Gasteiger partial charge in [0, 0.05) is 6.20 Å². The molecule has 1 atom stereocenters. The molecule has 1 aliphatic heterocycles. The van der Waals surface area contributed by atoms with Gasteiger partial charge in [-0.2, -0.15) is 0 Å². The molecule has 5 heteroatoms. The Balaban J connectivity index is 1.74. The van der Waals surface area contributed by atoms with E-state index in [4.69, 9.17) is 0 Å². The third-order valence-electron chi connectivity index (χ3n) is 3.40. The fourth-order valence-corrected chi connectivity index (χ4v) is 2.30. The van der Waals surface area contributed by atoms with Crippen LogP contribution in [0.5, 0.6) is 0 Å². The maximum atomic E-state index is 12.2. The lowest BCUT2D eigenvalue weighted by Crippen LogP contribution is -2.58. The van der Waals surface area contributed by atoms with Crippen molar-refractivity contribution in [2.24, 2.45) is 5.92 Å². The number of aromatic nitrogens is 1. The highest BCUT2D eigenvalue weighted by molar-refractivity contribution is 5.95. The highest BCUT2D eigenvalue weighted by Gasteiger charge is 2.42. The maximum absolute atomic E-state index is 12.2. The van der Waals surface area contributed by atoms with Gasteiger partial charge in [-0.05, 0) is 30.9 Å². The molecule has 1 N–H and O–H groups in total. The van der Waals surface area contributed by atoms with E-state index in [2.05, 4.69) is 10.3 Å². The quantitative estimate of drug-likeness (QED) is 0.834. The molecule has 1 saturated carbocycles. The van der Waals surface area contributed by atoms with Crippen molar-refractivity contribution in [1.29, 1.82) is 0 Å². The Kier molecular flexibility index (Phi) is 2.74. The standard InChI is InChI=1S/C13H15N3O2/c17-11-8-16(7-10-3-1-2-6-14-10)13(18)12(15-11)9-4-5-9/h1-3,6,9,12H,4-5,7-8H2,(H,15,17). The maximum Gasteiger partial charge on any atom is 0.246 e. The molecule has 18 heavy (non-hydrogen) atoms. The van der Waals surface area contributed by atoms with Gasteiger partial charge in [0.1, 0.15) is 12.6 Å². The van der Waals surface area contributed by atoms with Crippen molar-refractivity contribution < 1.29 is 9.59 Å². The van der Waals surface area contributed by atoms with E-state index < -0.39 is 0 Å². The normalized spacial score (nSPS) is 24.0. The largest absolute Gasteiger partial charge is 0.342 e. The Hall–Kier alpha value is -1.91. The summed E-state index contributed by atoms with van der Waals surface area (Å²) in [6, 6.07) is 5.28. The number of nitrogens with one attached hydrogen (secondary N) is 1. The smallest absolute Gasteiger partial charge is 0.246 e. The third-order valence-corrected chi connectivity index (χ3v) is 3.40. The molecule has 2 aliphatic rings. The van der Waals surface area contributed by atoms with E-state index >= 15 is 0 Å². The van der Waals surface area contributed by atoms with E-state index in [0.717, 1.165) is 18.5 Å². The fourth-order valence-electron chi connectivity index (χ4n) is 2.30. The van der Waals surface area contributed by atoms with E-state index in [1.54, 1.807) is 11.1 Å². The van der Waals surface area contributed by atoms with E-state index in [-0.39, 0.29) is 24.4 Å². The lowest BCUT2D eigenvalue weighted by atomic mass is 10.1. The van der Waals surface area contributed by atoms with Gasteiger partial charge in [-0.3, -0.25) is 14.6 Å². The first-order valence-corrected chi connectivity index (χ1v) is 6.22. The second-order valence-electron chi connectivity index (χ2n) is 4.90. The summed E-state index contributed by atoms with van der Waals surface area (Å²) < 4.78 is 0. The molecule has 94 valence electrons. The first-order valence-electron chi connectivity index (χ1n) is 6.22. The molecule has 5 nitrogen and oxygen atoms in total. The number of piperazine rings is 1. The topological polar surface area (TPSA) is 62.3 Å². The minimum Gasteiger partial charge on any atom is -0.342 e. The van der Waals surface area contributed by atoms with Crippen LogP contribution in [-0.2, 0) is 16.1 Å². The number of carbonyl (C=O) groups is 2. The van der Waals surface area contributed by atoms with Crippen LogP contribution in [0.4, 0.5) is 0 Å². The molecule has 1 aliphatic carbocycles. The van der Waals surface area contributed by atoms with Crippen LogP contribution >= 0.6 is 0 Å². The highest BCUT2D eigenvalue weighted by atomic mass is 16.2. The van der Waals surface area contributed by atoms with Crippen molar-refractivity contribution in [2.75, 3.05) is 6.54 Å². The predicted molar refractivity (Wildman–Crippen MR) is 64.3 cm³/mol. The summed E-state index contributed by atoms with van der Waals surface area (Å²) in [6.45, 7) is 0.551. The van der Waals surface area contributed by atoms with E-state index in [1.165, 1.54) is 0 Å². The Morgan fingerprint density at radius 1 is 1.33 bits per heavy atom. The summed E-state index contributed by atoms with van der Waals surface area (Å²) >= 11 is 0. The first-order chi connectivity index (χ1) is 8.74. The zero-order chi connectivity index (χ0) is 12.5. The van der Waals surface area contributed by atoms with Crippen LogP contribution in [0.25, 0.3) is 0 Å². The zero-order valence-corrected chi connectivity index (χ0v) is 10.0. The average molecular weight is 245 g/mol. The molecular formula is C13H15N3O2. The number of carbonyl (C=O) groups excluding carboxylic acids is 2. The van der Waals surface area contributed by atoms with E-state index in [0.29, 0.717) is 12.5 Å².